The van der Waals surface area contributed by atoms with Crippen LogP contribution in [0.15, 0.2) is 23.4 Å². The van der Waals surface area contributed by atoms with Crippen molar-refractivity contribution < 1.29 is 5.21 Å². The molecule has 3 N–H and O–H groups in total. The smallest absolute Gasteiger partial charge is 0.156 e. The van der Waals surface area contributed by atoms with Crippen LogP contribution in [0, 0.1) is 13.8 Å². The Balaban J connectivity index is 1.93. The molecule has 0 bridgehead atoms. The zero-order valence-electron chi connectivity index (χ0n) is 13.2. The first kappa shape index (κ1) is 15.8. The van der Waals surface area contributed by atoms with Crippen molar-refractivity contribution in [3.63, 3.8) is 0 Å². The van der Waals surface area contributed by atoms with Gasteiger partial charge in [-0.05, 0) is 37.5 Å². The van der Waals surface area contributed by atoms with E-state index in [1.54, 1.807) is 0 Å². The van der Waals surface area contributed by atoms with Gasteiger partial charge < -0.3 is 10.9 Å². The summed E-state index contributed by atoms with van der Waals surface area (Å²) in [6.07, 6.45) is 0. The van der Waals surface area contributed by atoms with Crippen LogP contribution in [0.2, 0.25) is 0 Å². The molecule has 0 amide bonds. The Morgan fingerprint density at radius 2 is 1.81 bits per heavy atom. The first-order chi connectivity index (χ1) is 10.0. The van der Waals surface area contributed by atoms with Gasteiger partial charge in [0.25, 0.3) is 0 Å². The molecule has 1 aliphatic rings. The number of nitrogens with two attached hydrogens (primary N) is 1. The fourth-order valence-corrected chi connectivity index (χ4v) is 2.90. The van der Waals surface area contributed by atoms with Gasteiger partial charge in [0.15, 0.2) is 5.84 Å². The molecule has 21 heavy (non-hydrogen) atoms. The van der Waals surface area contributed by atoms with Gasteiger partial charge in [-0.25, -0.2) is 0 Å². The minimum absolute atomic E-state index is 0.00246. The van der Waals surface area contributed by atoms with Gasteiger partial charge in [0, 0.05) is 32.7 Å². The highest BCUT2D eigenvalue weighted by molar-refractivity contribution is 5.84. The Kier molecular flexibility index (Phi) is 5.20. The van der Waals surface area contributed by atoms with Crippen molar-refractivity contribution in [2.75, 3.05) is 26.2 Å². The number of piperazine rings is 1. The van der Waals surface area contributed by atoms with E-state index in [1.807, 2.05) is 6.92 Å². The minimum atomic E-state index is -0.00246. The van der Waals surface area contributed by atoms with Crippen molar-refractivity contribution in [2.45, 2.75) is 33.4 Å². The van der Waals surface area contributed by atoms with Crippen LogP contribution in [0.4, 0.5) is 0 Å². The van der Waals surface area contributed by atoms with E-state index in [1.165, 1.54) is 16.7 Å². The number of hydrogen-bond acceptors (Lipinski definition) is 4. The summed E-state index contributed by atoms with van der Waals surface area (Å²) in [4.78, 5) is 4.74. The van der Waals surface area contributed by atoms with E-state index in [2.05, 4.69) is 47.0 Å². The Bertz CT molecular complexity index is 487. The summed E-state index contributed by atoms with van der Waals surface area (Å²) < 4.78 is 0. The summed E-state index contributed by atoms with van der Waals surface area (Å²) in [6, 6.07) is 6.47. The zero-order chi connectivity index (χ0) is 15.4. The normalized spacial score (nSPS) is 19.7. The van der Waals surface area contributed by atoms with Crippen LogP contribution in [0.1, 0.15) is 23.6 Å². The van der Waals surface area contributed by atoms with Crippen molar-refractivity contribution >= 4 is 5.84 Å². The quantitative estimate of drug-likeness (QED) is 0.382. The lowest BCUT2D eigenvalue weighted by Gasteiger charge is -2.37. The van der Waals surface area contributed by atoms with Gasteiger partial charge in [0.1, 0.15) is 0 Å². The molecule has 5 nitrogen and oxygen atoms in total. The van der Waals surface area contributed by atoms with Crippen LogP contribution in [0.25, 0.3) is 0 Å². The van der Waals surface area contributed by atoms with Gasteiger partial charge in [-0.3, -0.25) is 9.80 Å². The maximum atomic E-state index is 8.77. The molecule has 2 rings (SSSR count). The second-order valence-corrected chi connectivity index (χ2v) is 5.88. The molecular weight excluding hydrogens is 264 g/mol. The fourth-order valence-electron chi connectivity index (χ4n) is 2.90. The van der Waals surface area contributed by atoms with Crippen LogP contribution in [-0.2, 0) is 6.54 Å². The molecule has 0 aliphatic carbocycles. The second kappa shape index (κ2) is 6.91. The van der Waals surface area contributed by atoms with Crippen molar-refractivity contribution in [3.8, 4) is 0 Å². The lowest BCUT2D eigenvalue weighted by Crippen LogP contribution is -2.52. The number of aryl methyl sites for hydroxylation is 2. The van der Waals surface area contributed by atoms with E-state index in [0.717, 1.165) is 32.7 Å². The summed E-state index contributed by atoms with van der Waals surface area (Å²) >= 11 is 0. The van der Waals surface area contributed by atoms with Gasteiger partial charge in [-0.15, -0.1) is 0 Å². The number of rotatable bonds is 4. The van der Waals surface area contributed by atoms with Gasteiger partial charge in [0.2, 0.25) is 0 Å². The Hall–Kier alpha value is -1.59. The maximum Gasteiger partial charge on any atom is 0.156 e. The van der Waals surface area contributed by atoms with E-state index < -0.39 is 0 Å². The van der Waals surface area contributed by atoms with Crippen molar-refractivity contribution in [2.24, 2.45) is 10.9 Å². The number of amidine groups is 1. The molecule has 1 fully saturated rings. The van der Waals surface area contributed by atoms with Gasteiger partial charge in [0.05, 0.1) is 6.04 Å². The SMILES string of the molecule is Cc1cccc(C)c1CN1CCN(C(C)/C(N)=N/O)CC1. The first-order valence-electron chi connectivity index (χ1n) is 7.52. The lowest BCUT2D eigenvalue weighted by atomic mass is 10.0. The molecule has 0 aromatic heterocycles. The Morgan fingerprint density at radius 3 is 2.33 bits per heavy atom. The molecule has 1 heterocycles. The molecule has 116 valence electrons. The fraction of sp³-hybridized carbons (Fsp3) is 0.562. The summed E-state index contributed by atoms with van der Waals surface area (Å²) in [6.45, 7) is 11.3. The molecule has 1 aliphatic heterocycles. The zero-order valence-corrected chi connectivity index (χ0v) is 13.2. The summed E-state index contributed by atoms with van der Waals surface area (Å²) in [7, 11) is 0. The van der Waals surface area contributed by atoms with E-state index in [4.69, 9.17) is 10.9 Å². The number of benzene rings is 1. The highest BCUT2D eigenvalue weighted by atomic mass is 16.4. The average Bonchev–Trinajstić information content (AvgIpc) is 2.50. The van der Waals surface area contributed by atoms with Gasteiger partial charge >= 0.3 is 0 Å². The molecule has 1 atom stereocenters. The van der Waals surface area contributed by atoms with Gasteiger partial charge in [-0.2, -0.15) is 0 Å². The molecule has 1 unspecified atom stereocenters. The van der Waals surface area contributed by atoms with Crippen LogP contribution >= 0.6 is 0 Å². The molecular formula is C16H26N4O. The van der Waals surface area contributed by atoms with Crippen LogP contribution in [0.5, 0.6) is 0 Å². The number of hydrogen-bond donors (Lipinski definition) is 2. The number of nitrogens with zero attached hydrogens (tertiary/aromatic N) is 3. The highest BCUT2D eigenvalue weighted by Gasteiger charge is 2.23. The maximum absolute atomic E-state index is 8.77. The van der Waals surface area contributed by atoms with E-state index in [-0.39, 0.29) is 11.9 Å². The summed E-state index contributed by atoms with van der Waals surface area (Å²) in [5, 5.41) is 11.9. The van der Waals surface area contributed by atoms with Crippen molar-refractivity contribution in [1.29, 1.82) is 0 Å². The Labute approximate surface area is 127 Å². The predicted octanol–water partition coefficient (Wildman–Crippen LogP) is 1.56. The molecule has 1 aromatic rings. The lowest BCUT2D eigenvalue weighted by molar-refractivity contribution is 0.115. The standard InChI is InChI=1S/C16H26N4O/c1-12-5-4-6-13(2)15(12)11-19-7-9-20(10-8-19)14(3)16(17)18-21/h4-6,14,21H,7-11H2,1-3H3,(H2,17,18). The highest BCUT2D eigenvalue weighted by Crippen LogP contribution is 2.17. The third-order valence-electron chi connectivity index (χ3n) is 4.52. The Morgan fingerprint density at radius 1 is 1.24 bits per heavy atom. The van der Waals surface area contributed by atoms with Crippen molar-refractivity contribution in [1.82, 2.24) is 9.80 Å². The minimum Gasteiger partial charge on any atom is -0.409 e. The first-order valence-corrected chi connectivity index (χ1v) is 7.52. The second-order valence-electron chi connectivity index (χ2n) is 5.88. The molecule has 0 radical (unpaired) electrons. The molecule has 1 aromatic carbocycles. The predicted molar refractivity (Wildman–Crippen MR) is 85.6 cm³/mol. The van der Waals surface area contributed by atoms with E-state index in [9.17, 15) is 0 Å². The molecule has 1 saturated heterocycles. The monoisotopic (exact) mass is 290 g/mol. The average molecular weight is 290 g/mol. The third-order valence-corrected chi connectivity index (χ3v) is 4.52. The summed E-state index contributed by atoms with van der Waals surface area (Å²) in [5.74, 6) is 0.290. The topological polar surface area (TPSA) is 65.1 Å². The molecule has 5 heteroatoms. The van der Waals surface area contributed by atoms with E-state index >= 15 is 0 Å². The summed E-state index contributed by atoms with van der Waals surface area (Å²) in [5.41, 5.74) is 9.86. The van der Waals surface area contributed by atoms with Gasteiger partial charge in [-0.1, -0.05) is 23.4 Å². The third kappa shape index (κ3) is 3.74. The van der Waals surface area contributed by atoms with Crippen LogP contribution in [-0.4, -0.2) is 53.1 Å². The van der Waals surface area contributed by atoms with Crippen LogP contribution in [0.3, 0.4) is 0 Å². The number of oxime groups is 1. The van der Waals surface area contributed by atoms with Crippen LogP contribution < -0.4 is 5.73 Å². The molecule has 0 saturated carbocycles. The largest absolute Gasteiger partial charge is 0.409 e. The molecule has 0 spiro atoms. The van der Waals surface area contributed by atoms with E-state index in [0.29, 0.717) is 0 Å². The van der Waals surface area contributed by atoms with Crippen molar-refractivity contribution in [3.05, 3.63) is 34.9 Å².